The number of hydrogen-bond donors (Lipinski definition) is 2. The van der Waals surface area contributed by atoms with Crippen LogP contribution in [-0.4, -0.2) is 5.84 Å². The largest absolute Gasteiger partial charge is 0.383 e. The Labute approximate surface area is 422 Å². The van der Waals surface area contributed by atoms with Crippen LogP contribution in [0.5, 0.6) is 0 Å². The van der Waals surface area contributed by atoms with E-state index in [1.165, 1.54) is 106 Å². The minimum atomic E-state index is -0.730. The lowest BCUT2D eigenvalue weighted by atomic mass is 9.68. The van der Waals surface area contributed by atoms with Crippen LogP contribution in [0.4, 0.5) is 0 Å². The van der Waals surface area contributed by atoms with Gasteiger partial charge in [-0.2, -0.15) is 0 Å². The van der Waals surface area contributed by atoms with Crippen molar-refractivity contribution in [3.05, 3.63) is 236 Å². The van der Waals surface area contributed by atoms with Crippen LogP contribution in [0.2, 0.25) is 0 Å². The van der Waals surface area contributed by atoms with Crippen LogP contribution in [0.3, 0.4) is 0 Å². The number of nitrogens with two attached hydrogens (primary N) is 2. The zero-order valence-corrected chi connectivity index (χ0v) is 43.7. The zero-order chi connectivity index (χ0) is 49.9. The second kappa shape index (κ2) is 14.9. The van der Waals surface area contributed by atoms with E-state index >= 15 is 0 Å². The lowest BCUT2D eigenvalue weighted by Gasteiger charge is -2.33. The number of benzene rings is 8. The number of amidine groups is 1. The number of nitrogens with zero attached hydrogens (tertiary/aromatic N) is 1. The summed E-state index contributed by atoms with van der Waals surface area (Å²) in [5.74, 6) is 0.427. The third kappa shape index (κ3) is 6.27. The fourth-order valence-corrected chi connectivity index (χ4v) is 13.0. The molecule has 8 aromatic rings. The average Bonchev–Trinajstić information content (AvgIpc) is 4.00. The van der Waals surface area contributed by atoms with Gasteiger partial charge in [0.15, 0.2) is 0 Å². The van der Waals surface area contributed by atoms with Crippen molar-refractivity contribution in [3.63, 3.8) is 0 Å². The van der Waals surface area contributed by atoms with Crippen molar-refractivity contribution in [2.24, 2.45) is 16.5 Å². The van der Waals surface area contributed by atoms with E-state index in [2.05, 4.69) is 241 Å². The van der Waals surface area contributed by atoms with Gasteiger partial charge in [-0.1, -0.05) is 235 Å². The van der Waals surface area contributed by atoms with Crippen LogP contribution in [0.25, 0.3) is 44.5 Å². The van der Waals surface area contributed by atoms with Gasteiger partial charge in [0.05, 0.1) is 10.8 Å². The van der Waals surface area contributed by atoms with E-state index in [0.29, 0.717) is 5.84 Å². The van der Waals surface area contributed by atoms with Crippen molar-refractivity contribution in [3.8, 4) is 44.5 Å². The van der Waals surface area contributed by atoms with Gasteiger partial charge in [0.1, 0.15) is 12.0 Å². The highest BCUT2D eigenvalue weighted by Gasteiger charge is 2.54. The maximum atomic E-state index is 7.47. The highest BCUT2D eigenvalue weighted by molar-refractivity contribution is 6.02. The first-order valence-electron chi connectivity index (χ1n) is 25.7. The predicted molar refractivity (Wildman–Crippen MR) is 298 cm³/mol. The van der Waals surface area contributed by atoms with E-state index in [4.69, 9.17) is 16.5 Å². The Kier molecular flexibility index (Phi) is 9.50. The lowest BCUT2D eigenvalue weighted by Crippen LogP contribution is -2.28. The summed E-state index contributed by atoms with van der Waals surface area (Å²) in [7, 11) is 0. The van der Waals surface area contributed by atoms with Gasteiger partial charge in [-0.25, -0.2) is 4.99 Å². The summed E-state index contributed by atoms with van der Waals surface area (Å²) in [6.07, 6.45) is -0.730. The van der Waals surface area contributed by atoms with E-state index in [9.17, 15) is 0 Å². The first-order valence-corrected chi connectivity index (χ1v) is 25.7. The topological polar surface area (TPSA) is 64.4 Å². The van der Waals surface area contributed by atoms with Gasteiger partial charge < -0.3 is 11.5 Å². The Hall–Kier alpha value is -6.81. The van der Waals surface area contributed by atoms with Crippen LogP contribution in [0.1, 0.15) is 167 Å². The van der Waals surface area contributed by atoms with Gasteiger partial charge in [0, 0.05) is 5.56 Å². The molecule has 3 nitrogen and oxygen atoms in total. The van der Waals surface area contributed by atoms with E-state index in [0.717, 1.165) is 16.7 Å². The molecule has 1 unspecified atom stereocenters. The normalized spacial score (nSPS) is 16.0. The molecule has 0 saturated carbocycles. The molecule has 4 aliphatic rings. The summed E-state index contributed by atoms with van der Waals surface area (Å²) in [6.45, 7) is 27.8. The molecule has 12 rings (SSSR count). The highest BCUT2D eigenvalue weighted by Crippen LogP contribution is 2.66. The van der Waals surface area contributed by atoms with Gasteiger partial charge in [0.25, 0.3) is 0 Å². The van der Waals surface area contributed by atoms with Crippen LogP contribution >= 0.6 is 0 Å². The molecule has 8 aromatic carbocycles. The van der Waals surface area contributed by atoms with Crippen molar-refractivity contribution in [1.82, 2.24) is 0 Å². The second-order valence-corrected chi connectivity index (χ2v) is 25.1. The molecule has 0 radical (unpaired) electrons. The summed E-state index contributed by atoms with van der Waals surface area (Å²) in [5.41, 5.74) is 41.1. The summed E-state index contributed by atoms with van der Waals surface area (Å²) in [6, 6.07) is 60.3. The lowest BCUT2D eigenvalue weighted by molar-refractivity contribution is 0.586. The first-order chi connectivity index (χ1) is 33.5. The molecule has 0 aliphatic heterocycles. The molecular formula is C68H67N3. The smallest absolute Gasteiger partial charge is 0.127 e. The highest BCUT2D eigenvalue weighted by atomic mass is 15.0. The minimum absolute atomic E-state index is 0.0335. The van der Waals surface area contributed by atoms with Gasteiger partial charge in [-0.05, 0) is 145 Å². The van der Waals surface area contributed by atoms with Crippen LogP contribution in [0, 0.1) is 0 Å². The van der Waals surface area contributed by atoms with Crippen molar-refractivity contribution in [2.45, 2.75) is 122 Å². The number of hydrogen-bond acceptors (Lipinski definition) is 2. The average molecular weight is 926 g/mol. The number of fused-ring (bicyclic) bond motifs is 20. The molecule has 0 bridgehead atoms. The summed E-state index contributed by atoms with van der Waals surface area (Å²) >= 11 is 0. The predicted octanol–water partition coefficient (Wildman–Crippen LogP) is 15.9. The SMILES string of the molecule is CC(C)(C)c1ccc2c(c1)C1(c3ccccc3-c3ccc(/C(N)=N/C(N)c4cccc5c4-c4ccccc4C54c5cc(C(C)(C)C)ccc5-c5ccc(C(C)(C)C)cc54)cc31)c1cc(C(C)(C)C)ccc1-2. The van der Waals surface area contributed by atoms with Crippen LogP contribution in [-0.2, 0) is 32.5 Å². The second-order valence-electron chi connectivity index (χ2n) is 25.1. The number of rotatable bonds is 3. The third-order valence-electron chi connectivity index (χ3n) is 16.8. The Morgan fingerprint density at radius 1 is 0.366 bits per heavy atom. The Balaban J connectivity index is 1.05. The fraction of sp³-hybridized carbons (Fsp3) is 0.279. The van der Waals surface area contributed by atoms with Gasteiger partial charge >= 0.3 is 0 Å². The molecule has 4 N–H and O–H groups in total. The first kappa shape index (κ1) is 45.3. The molecule has 0 heterocycles. The monoisotopic (exact) mass is 926 g/mol. The summed E-state index contributed by atoms with van der Waals surface area (Å²) < 4.78 is 0. The summed E-state index contributed by atoms with van der Waals surface area (Å²) in [5, 5.41) is 0. The Morgan fingerprint density at radius 2 is 0.704 bits per heavy atom. The Morgan fingerprint density at radius 3 is 1.14 bits per heavy atom. The molecule has 0 amide bonds. The third-order valence-corrected chi connectivity index (χ3v) is 16.8. The zero-order valence-electron chi connectivity index (χ0n) is 43.7. The van der Waals surface area contributed by atoms with E-state index in [1.807, 2.05) is 0 Å². The molecule has 354 valence electrons. The quantitative estimate of drug-likeness (QED) is 0.137. The van der Waals surface area contributed by atoms with Gasteiger partial charge in [-0.15, -0.1) is 0 Å². The number of aliphatic imine (C=N–C) groups is 1. The van der Waals surface area contributed by atoms with E-state index < -0.39 is 17.0 Å². The van der Waals surface area contributed by atoms with Crippen LogP contribution < -0.4 is 11.5 Å². The van der Waals surface area contributed by atoms with Crippen molar-refractivity contribution in [2.75, 3.05) is 0 Å². The standard InChI is InChI=1S/C68H67N3/c1-63(2,3)40-25-30-46-47-31-26-41(64(4,5)6)36-57(47)67(56(46)35-40)53-22-16-14-19-50(53)60-51(20-17-23-54(60)67)62(70)71-61(69)39-24-29-45-44-18-13-15-21-52(44)68(55(45)34-39)58-37-42(65(7,8)9)27-32-48(58)49-33-28-43(38-59(49)68)66(10,11)12/h13-38,62H,70H2,1-12H3,(H2,69,71). The summed E-state index contributed by atoms with van der Waals surface area (Å²) in [4.78, 5) is 5.31. The van der Waals surface area contributed by atoms with Crippen LogP contribution in [0.15, 0.2) is 163 Å². The van der Waals surface area contributed by atoms with E-state index in [1.54, 1.807) is 0 Å². The molecule has 2 spiro atoms. The van der Waals surface area contributed by atoms with E-state index in [-0.39, 0.29) is 21.7 Å². The Bertz CT molecular complexity index is 3480. The van der Waals surface area contributed by atoms with Gasteiger partial charge in [-0.3, -0.25) is 0 Å². The maximum Gasteiger partial charge on any atom is 0.127 e. The maximum absolute atomic E-state index is 7.47. The molecular weight excluding hydrogens is 859 g/mol. The van der Waals surface area contributed by atoms with Gasteiger partial charge in [0.2, 0.25) is 0 Å². The molecule has 71 heavy (non-hydrogen) atoms. The molecule has 1 atom stereocenters. The fourth-order valence-electron chi connectivity index (χ4n) is 13.0. The van der Waals surface area contributed by atoms with Crippen molar-refractivity contribution >= 4 is 5.84 Å². The van der Waals surface area contributed by atoms with Crippen molar-refractivity contribution in [1.29, 1.82) is 0 Å². The minimum Gasteiger partial charge on any atom is -0.383 e. The van der Waals surface area contributed by atoms with Crippen molar-refractivity contribution < 1.29 is 0 Å². The molecule has 0 saturated heterocycles. The molecule has 0 aromatic heterocycles. The molecule has 4 aliphatic carbocycles. The molecule has 3 heteroatoms. The molecule has 0 fully saturated rings.